The average molecular weight is 344 g/mol. The molecule has 0 atom stereocenters. The Kier molecular flexibility index (Phi) is 4.19. The molecule has 1 aliphatic rings. The van der Waals surface area contributed by atoms with E-state index in [1.165, 1.54) is 11.3 Å². The third-order valence-electron chi connectivity index (χ3n) is 4.85. The molecule has 1 aromatic heterocycles. The number of hydrogen-bond donors (Lipinski definition) is 1. The van der Waals surface area contributed by atoms with Crippen LogP contribution in [0.4, 0.5) is 0 Å². The predicted molar refractivity (Wildman–Crippen MR) is 100 cm³/mol. The molecule has 0 unspecified atom stereocenters. The molecule has 1 N–H and O–H groups in total. The summed E-state index contributed by atoms with van der Waals surface area (Å²) in [6.07, 6.45) is 1.36. The third kappa shape index (κ3) is 2.96. The van der Waals surface area contributed by atoms with Gasteiger partial charge in [0.25, 0.3) is 0 Å². The average Bonchev–Trinajstić information content (AvgIpc) is 3.02. The van der Waals surface area contributed by atoms with Crippen molar-refractivity contribution in [3.05, 3.63) is 65.4 Å². The summed E-state index contributed by atoms with van der Waals surface area (Å²) >= 11 is 0. The summed E-state index contributed by atoms with van der Waals surface area (Å²) in [5, 5.41) is 23.3. The first-order chi connectivity index (χ1) is 12.7. The SMILES string of the molecule is CN1CCc2c(c(-c3ccc(O)cc3)nn2-c2ccc(CC#N)cc2)C1. The number of fused-ring (bicyclic) bond motifs is 1. The molecule has 0 fully saturated rings. The first-order valence-corrected chi connectivity index (χ1v) is 8.70. The van der Waals surface area contributed by atoms with Gasteiger partial charge < -0.3 is 10.0 Å². The molecule has 2 heterocycles. The summed E-state index contributed by atoms with van der Waals surface area (Å²) in [6.45, 7) is 1.86. The van der Waals surface area contributed by atoms with Crippen molar-refractivity contribution in [1.29, 1.82) is 5.26 Å². The van der Waals surface area contributed by atoms with Crippen LogP contribution in [0.25, 0.3) is 16.9 Å². The Bertz CT molecular complexity index is 965. The van der Waals surface area contributed by atoms with Crippen molar-refractivity contribution in [2.45, 2.75) is 19.4 Å². The zero-order chi connectivity index (χ0) is 18.1. The van der Waals surface area contributed by atoms with Crippen LogP contribution in [0.2, 0.25) is 0 Å². The van der Waals surface area contributed by atoms with Crippen LogP contribution in [0.15, 0.2) is 48.5 Å². The second-order valence-corrected chi connectivity index (χ2v) is 6.72. The van der Waals surface area contributed by atoms with Crippen LogP contribution in [0, 0.1) is 11.3 Å². The van der Waals surface area contributed by atoms with Crippen LogP contribution in [0.5, 0.6) is 5.75 Å². The second-order valence-electron chi connectivity index (χ2n) is 6.72. The van der Waals surface area contributed by atoms with Gasteiger partial charge in [-0.2, -0.15) is 10.4 Å². The van der Waals surface area contributed by atoms with E-state index in [9.17, 15) is 5.11 Å². The monoisotopic (exact) mass is 344 g/mol. The molecule has 130 valence electrons. The Balaban J connectivity index is 1.81. The van der Waals surface area contributed by atoms with E-state index in [-0.39, 0.29) is 5.75 Å². The van der Waals surface area contributed by atoms with E-state index in [1.54, 1.807) is 12.1 Å². The van der Waals surface area contributed by atoms with Crippen molar-refractivity contribution < 1.29 is 5.11 Å². The topological polar surface area (TPSA) is 65.1 Å². The van der Waals surface area contributed by atoms with E-state index in [0.29, 0.717) is 6.42 Å². The number of rotatable bonds is 3. The highest BCUT2D eigenvalue weighted by Gasteiger charge is 2.24. The minimum absolute atomic E-state index is 0.257. The fourth-order valence-electron chi connectivity index (χ4n) is 3.47. The van der Waals surface area contributed by atoms with Crippen molar-refractivity contribution in [3.63, 3.8) is 0 Å². The maximum absolute atomic E-state index is 9.58. The molecule has 26 heavy (non-hydrogen) atoms. The molecule has 4 rings (SSSR count). The first kappa shape index (κ1) is 16.4. The second kappa shape index (κ2) is 6.66. The van der Waals surface area contributed by atoms with Crippen LogP contribution < -0.4 is 0 Å². The lowest BCUT2D eigenvalue weighted by Gasteiger charge is -2.23. The van der Waals surface area contributed by atoms with Gasteiger partial charge in [0, 0.05) is 30.6 Å². The lowest BCUT2D eigenvalue weighted by Crippen LogP contribution is -2.27. The number of aromatic nitrogens is 2. The largest absolute Gasteiger partial charge is 0.508 e. The van der Waals surface area contributed by atoms with Gasteiger partial charge in [0.15, 0.2) is 0 Å². The Morgan fingerprint density at radius 1 is 1.12 bits per heavy atom. The molecule has 0 aliphatic carbocycles. The highest BCUT2D eigenvalue weighted by atomic mass is 16.3. The number of nitrogens with zero attached hydrogens (tertiary/aromatic N) is 4. The normalized spacial score (nSPS) is 14.0. The van der Waals surface area contributed by atoms with Crippen molar-refractivity contribution in [3.8, 4) is 28.8 Å². The van der Waals surface area contributed by atoms with Gasteiger partial charge in [0.05, 0.1) is 29.6 Å². The molecule has 0 spiro atoms. The number of nitriles is 1. The van der Waals surface area contributed by atoms with Gasteiger partial charge >= 0.3 is 0 Å². The molecule has 5 heteroatoms. The standard InChI is InChI=1S/C21H20N4O/c1-24-13-11-20-19(14-24)21(16-4-8-18(26)9-5-16)23-25(20)17-6-2-15(3-7-17)10-12-22/h2-9,26H,10-11,13-14H2,1H3. The van der Waals surface area contributed by atoms with E-state index >= 15 is 0 Å². The quantitative estimate of drug-likeness (QED) is 0.792. The summed E-state index contributed by atoms with van der Waals surface area (Å²) in [5.41, 5.74) is 6.47. The Labute approximate surface area is 152 Å². The molecular weight excluding hydrogens is 324 g/mol. The highest BCUT2D eigenvalue weighted by molar-refractivity contribution is 5.66. The minimum Gasteiger partial charge on any atom is -0.508 e. The zero-order valence-corrected chi connectivity index (χ0v) is 14.7. The van der Waals surface area contributed by atoms with Crippen LogP contribution in [-0.2, 0) is 19.4 Å². The van der Waals surface area contributed by atoms with Crippen molar-refractivity contribution in [1.82, 2.24) is 14.7 Å². The summed E-state index contributed by atoms with van der Waals surface area (Å²) in [4.78, 5) is 2.30. The van der Waals surface area contributed by atoms with Gasteiger partial charge in [-0.3, -0.25) is 0 Å². The first-order valence-electron chi connectivity index (χ1n) is 8.70. The van der Waals surface area contributed by atoms with Gasteiger partial charge in [-0.25, -0.2) is 4.68 Å². The van der Waals surface area contributed by atoms with Crippen molar-refractivity contribution in [2.24, 2.45) is 0 Å². The fourth-order valence-corrected chi connectivity index (χ4v) is 3.47. The Morgan fingerprint density at radius 3 is 2.54 bits per heavy atom. The van der Waals surface area contributed by atoms with E-state index < -0.39 is 0 Å². The highest BCUT2D eigenvalue weighted by Crippen LogP contribution is 2.32. The Morgan fingerprint density at radius 2 is 1.85 bits per heavy atom. The summed E-state index contributed by atoms with van der Waals surface area (Å²) in [6, 6.07) is 17.4. The third-order valence-corrected chi connectivity index (χ3v) is 4.85. The molecule has 1 aliphatic heterocycles. The van der Waals surface area contributed by atoms with Crippen LogP contribution in [-0.4, -0.2) is 33.4 Å². The van der Waals surface area contributed by atoms with Crippen LogP contribution >= 0.6 is 0 Å². The number of benzene rings is 2. The number of likely N-dealkylation sites (N-methyl/N-ethyl adjacent to an activating group) is 1. The number of hydrogen-bond acceptors (Lipinski definition) is 4. The summed E-state index contributed by atoms with van der Waals surface area (Å²) in [5.74, 6) is 0.257. The van der Waals surface area contributed by atoms with Crippen molar-refractivity contribution in [2.75, 3.05) is 13.6 Å². The summed E-state index contributed by atoms with van der Waals surface area (Å²) < 4.78 is 2.03. The smallest absolute Gasteiger partial charge is 0.115 e. The van der Waals surface area contributed by atoms with Gasteiger partial charge in [-0.1, -0.05) is 12.1 Å². The molecule has 5 nitrogen and oxygen atoms in total. The zero-order valence-electron chi connectivity index (χ0n) is 14.7. The van der Waals surface area contributed by atoms with E-state index in [1.807, 2.05) is 41.1 Å². The summed E-state index contributed by atoms with van der Waals surface area (Å²) in [7, 11) is 2.12. The molecule has 0 saturated heterocycles. The lowest BCUT2D eigenvalue weighted by molar-refractivity contribution is 0.310. The lowest BCUT2D eigenvalue weighted by atomic mass is 10.0. The van der Waals surface area contributed by atoms with Gasteiger partial charge in [-0.05, 0) is 49.0 Å². The molecule has 0 bridgehead atoms. The van der Waals surface area contributed by atoms with Crippen LogP contribution in [0.1, 0.15) is 16.8 Å². The van der Waals surface area contributed by atoms with E-state index in [2.05, 4.69) is 18.0 Å². The fraction of sp³-hybridized carbons (Fsp3) is 0.238. The minimum atomic E-state index is 0.257. The van der Waals surface area contributed by atoms with Gasteiger partial charge in [0.2, 0.25) is 0 Å². The van der Waals surface area contributed by atoms with Crippen LogP contribution in [0.3, 0.4) is 0 Å². The maximum atomic E-state index is 9.58. The molecule has 0 amide bonds. The number of aromatic hydroxyl groups is 1. The van der Waals surface area contributed by atoms with E-state index in [0.717, 1.165) is 42.0 Å². The molecular formula is C21H20N4O. The number of phenols is 1. The molecule has 0 radical (unpaired) electrons. The maximum Gasteiger partial charge on any atom is 0.115 e. The van der Waals surface area contributed by atoms with Crippen molar-refractivity contribution >= 4 is 0 Å². The van der Waals surface area contributed by atoms with Gasteiger partial charge in [0.1, 0.15) is 5.75 Å². The van der Waals surface area contributed by atoms with Gasteiger partial charge in [-0.15, -0.1) is 0 Å². The Hall–Kier alpha value is -3.10. The number of phenolic OH excluding ortho intramolecular Hbond substituents is 1. The van der Waals surface area contributed by atoms with E-state index in [4.69, 9.17) is 10.4 Å². The molecule has 3 aromatic rings. The molecule has 0 saturated carbocycles. The predicted octanol–water partition coefficient (Wildman–Crippen LogP) is 3.30. The molecule has 2 aromatic carbocycles.